The summed E-state index contributed by atoms with van der Waals surface area (Å²) < 4.78 is 5.17. The van der Waals surface area contributed by atoms with E-state index in [9.17, 15) is 9.59 Å². The van der Waals surface area contributed by atoms with Crippen LogP contribution >= 0.6 is 23.1 Å². The van der Waals surface area contributed by atoms with Crippen molar-refractivity contribution >= 4 is 34.9 Å². The lowest BCUT2D eigenvalue weighted by atomic mass is 10.2. The fourth-order valence-corrected chi connectivity index (χ4v) is 4.88. The summed E-state index contributed by atoms with van der Waals surface area (Å²) in [6.07, 6.45) is 0.690. The minimum Gasteiger partial charge on any atom is -0.385 e. The number of carbonyl (C=O) groups excluding carboxylic acids is 2. The van der Waals surface area contributed by atoms with Gasteiger partial charge in [0.05, 0.1) is 18.8 Å². The predicted molar refractivity (Wildman–Crippen MR) is 135 cm³/mol. The number of nitrogens with zero attached hydrogens (tertiary/aromatic N) is 2. The van der Waals surface area contributed by atoms with Crippen molar-refractivity contribution in [3.63, 3.8) is 0 Å². The first-order chi connectivity index (χ1) is 16.2. The van der Waals surface area contributed by atoms with Gasteiger partial charge >= 0.3 is 0 Å². The Morgan fingerprint density at radius 2 is 1.61 bits per heavy atom. The third-order valence-corrected chi connectivity index (χ3v) is 6.91. The largest absolute Gasteiger partial charge is 0.385 e. The number of rotatable bonds is 13. The summed E-state index contributed by atoms with van der Waals surface area (Å²) in [4.78, 5) is 32.1. The van der Waals surface area contributed by atoms with Crippen molar-refractivity contribution in [2.75, 3.05) is 32.6 Å². The molecule has 0 aliphatic heterocycles. The Hall–Kier alpha value is -2.61. The molecule has 7 heteroatoms. The van der Waals surface area contributed by atoms with Crippen molar-refractivity contribution in [2.24, 2.45) is 0 Å². The van der Waals surface area contributed by atoms with Gasteiger partial charge in [-0.25, -0.2) is 0 Å². The first-order valence-corrected chi connectivity index (χ1v) is 12.8. The van der Waals surface area contributed by atoms with E-state index in [2.05, 4.69) is 0 Å². The number of thioether (sulfide) groups is 1. The van der Waals surface area contributed by atoms with Gasteiger partial charge in [-0.1, -0.05) is 54.6 Å². The summed E-state index contributed by atoms with van der Waals surface area (Å²) in [6, 6.07) is 23.8. The molecule has 0 saturated heterocycles. The van der Waals surface area contributed by atoms with E-state index in [1.165, 1.54) is 11.8 Å². The molecule has 0 spiro atoms. The van der Waals surface area contributed by atoms with Gasteiger partial charge in [-0.3, -0.25) is 9.59 Å². The maximum Gasteiger partial charge on any atom is 0.242 e. The Morgan fingerprint density at radius 3 is 2.27 bits per heavy atom. The van der Waals surface area contributed by atoms with Gasteiger partial charge in [-0.2, -0.15) is 0 Å². The van der Waals surface area contributed by atoms with Gasteiger partial charge in [-0.15, -0.1) is 23.1 Å². The molecule has 33 heavy (non-hydrogen) atoms. The van der Waals surface area contributed by atoms with E-state index < -0.39 is 0 Å². The third kappa shape index (κ3) is 8.68. The topological polar surface area (TPSA) is 49.9 Å². The minimum absolute atomic E-state index is 0.0379. The van der Waals surface area contributed by atoms with Crippen LogP contribution in [0.1, 0.15) is 16.9 Å². The second kappa shape index (κ2) is 13.8. The second-order valence-electron chi connectivity index (χ2n) is 7.58. The molecule has 5 nitrogen and oxygen atoms in total. The summed E-state index contributed by atoms with van der Waals surface area (Å²) in [6.45, 7) is 2.15. The molecule has 0 bridgehead atoms. The monoisotopic (exact) mass is 482 g/mol. The molecule has 0 atom stereocenters. The highest BCUT2D eigenvalue weighted by molar-refractivity contribution is 8.00. The average molecular weight is 483 g/mol. The van der Waals surface area contributed by atoms with E-state index >= 15 is 0 Å². The van der Waals surface area contributed by atoms with E-state index in [1.54, 1.807) is 23.3 Å². The standard InChI is InChI=1S/C26H30N2O3S2/c1-31-16-9-15-27(26(30)21-33-23-12-6-3-7-13-23)20-25(29)28(19-24-14-8-17-32-24)18-22-10-4-2-5-11-22/h2-8,10-14,17H,9,15-16,18-21H2,1H3. The lowest BCUT2D eigenvalue weighted by Gasteiger charge is -2.28. The second-order valence-corrected chi connectivity index (χ2v) is 9.66. The smallest absolute Gasteiger partial charge is 0.242 e. The number of methoxy groups -OCH3 is 1. The number of hydrogen-bond acceptors (Lipinski definition) is 5. The third-order valence-electron chi connectivity index (χ3n) is 5.06. The Morgan fingerprint density at radius 1 is 0.879 bits per heavy atom. The Kier molecular flexibility index (Phi) is 10.5. The van der Waals surface area contributed by atoms with Crippen molar-refractivity contribution in [1.82, 2.24) is 9.80 Å². The molecule has 2 amide bonds. The number of benzene rings is 2. The van der Waals surface area contributed by atoms with Crippen molar-refractivity contribution in [3.8, 4) is 0 Å². The summed E-state index contributed by atoms with van der Waals surface area (Å²) in [5, 5.41) is 2.02. The van der Waals surface area contributed by atoms with Gasteiger partial charge in [0, 0.05) is 36.6 Å². The highest BCUT2D eigenvalue weighted by atomic mass is 32.2. The molecule has 0 N–H and O–H groups in total. The van der Waals surface area contributed by atoms with Crippen LogP contribution < -0.4 is 0 Å². The van der Waals surface area contributed by atoms with Crippen molar-refractivity contribution in [1.29, 1.82) is 0 Å². The molecule has 0 aliphatic rings. The number of ether oxygens (including phenoxy) is 1. The summed E-state index contributed by atoms with van der Waals surface area (Å²) in [5.74, 6) is 0.209. The van der Waals surface area contributed by atoms with Gasteiger partial charge in [0.25, 0.3) is 0 Å². The van der Waals surface area contributed by atoms with Gasteiger partial charge < -0.3 is 14.5 Å². The van der Waals surface area contributed by atoms with Crippen LogP contribution in [0.15, 0.2) is 83.1 Å². The van der Waals surface area contributed by atoms with Crippen LogP contribution in [0.3, 0.4) is 0 Å². The SMILES string of the molecule is COCCCN(CC(=O)N(Cc1ccccc1)Cc1cccs1)C(=O)CSc1ccccc1. The van der Waals surface area contributed by atoms with Crippen molar-refractivity contribution in [2.45, 2.75) is 24.4 Å². The maximum atomic E-state index is 13.4. The molecule has 174 valence electrons. The number of amides is 2. The van der Waals surface area contributed by atoms with E-state index in [0.717, 1.165) is 15.3 Å². The zero-order valence-corrected chi connectivity index (χ0v) is 20.5. The molecule has 3 rings (SSSR count). The zero-order valence-electron chi connectivity index (χ0n) is 18.9. The van der Waals surface area contributed by atoms with Crippen molar-refractivity contribution in [3.05, 3.63) is 88.6 Å². The van der Waals surface area contributed by atoms with Gasteiger partial charge in [0.2, 0.25) is 11.8 Å². The summed E-state index contributed by atoms with van der Waals surface area (Å²) in [5.41, 5.74) is 1.07. The molecular formula is C26H30N2O3S2. The van der Waals surface area contributed by atoms with Gasteiger partial charge in [0.1, 0.15) is 0 Å². The highest BCUT2D eigenvalue weighted by Gasteiger charge is 2.22. The molecule has 1 heterocycles. The molecule has 0 saturated carbocycles. The van der Waals surface area contributed by atoms with Gasteiger partial charge in [0.15, 0.2) is 0 Å². The molecule has 0 aliphatic carbocycles. The van der Waals surface area contributed by atoms with Crippen LogP contribution in [0, 0.1) is 0 Å². The molecule has 0 fully saturated rings. The van der Waals surface area contributed by atoms with E-state index in [1.807, 2.05) is 83.1 Å². The van der Waals surface area contributed by atoms with E-state index in [-0.39, 0.29) is 18.4 Å². The Balaban J connectivity index is 1.68. The fraction of sp³-hybridized carbons (Fsp3) is 0.308. The van der Waals surface area contributed by atoms with Crippen LogP contribution in [0.2, 0.25) is 0 Å². The lowest BCUT2D eigenvalue weighted by molar-refractivity contribution is -0.140. The number of hydrogen-bond donors (Lipinski definition) is 0. The molecule has 1 aromatic heterocycles. The predicted octanol–water partition coefficient (Wildman–Crippen LogP) is 4.93. The molecule has 0 radical (unpaired) electrons. The maximum absolute atomic E-state index is 13.4. The molecule has 2 aromatic carbocycles. The van der Waals surface area contributed by atoms with Crippen molar-refractivity contribution < 1.29 is 14.3 Å². The van der Waals surface area contributed by atoms with Crippen LogP contribution in [0.25, 0.3) is 0 Å². The summed E-state index contributed by atoms with van der Waals surface area (Å²) in [7, 11) is 1.64. The van der Waals surface area contributed by atoms with Crippen LogP contribution in [0.4, 0.5) is 0 Å². The summed E-state index contributed by atoms with van der Waals surface area (Å²) >= 11 is 3.12. The average Bonchev–Trinajstić information content (AvgIpc) is 3.36. The Labute approximate surface area is 204 Å². The minimum atomic E-state index is -0.0530. The van der Waals surface area contributed by atoms with Crippen LogP contribution in [-0.4, -0.2) is 54.2 Å². The van der Waals surface area contributed by atoms with Crippen LogP contribution in [-0.2, 0) is 27.4 Å². The number of carbonyl (C=O) groups is 2. The highest BCUT2D eigenvalue weighted by Crippen LogP contribution is 2.19. The molecular weight excluding hydrogens is 452 g/mol. The molecule has 0 unspecified atom stereocenters. The lowest BCUT2D eigenvalue weighted by Crippen LogP contribution is -2.43. The molecule has 3 aromatic rings. The zero-order chi connectivity index (χ0) is 23.3. The number of thiophene rings is 1. The van der Waals surface area contributed by atoms with Crippen LogP contribution in [0.5, 0.6) is 0 Å². The Bertz CT molecular complexity index is 966. The first-order valence-electron chi connectivity index (χ1n) is 10.9. The quantitative estimate of drug-likeness (QED) is 0.256. The first kappa shape index (κ1) is 25.0. The fourth-order valence-electron chi connectivity index (χ4n) is 3.33. The van der Waals surface area contributed by atoms with E-state index in [0.29, 0.717) is 38.4 Å². The van der Waals surface area contributed by atoms with E-state index in [4.69, 9.17) is 4.74 Å². The normalized spacial score (nSPS) is 10.7. The van der Waals surface area contributed by atoms with Gasteiger partial charge in [-0.05, 0) is 35.6 Å².